The summed E-state index contributed by atoms with van der Waals surface area (Å²) in [5, 5.41) is 4.91. The minimum atomic E-state index is -0.247. The number of carbonyl (C=O) groups excluding carboxylic acids is 1. The highest BCUT2D eigenvalue weighted by atomic mass is 79.9. The van der Waals surface area contributed by atoms with Gasteiger partial charge in [0.15, 0.2) is 6.54 Å². The van der Waals surface area contributed by atoms with Crippen LogP contribution in [0.3, 0.4) is 0 Å². The summed E-state index contributed by atoms with van der Waals surface area (Å²) in [6.45, 7) is 6.50. The van der Waals surface area contributed by atoms with Crippen LogP contribution in [0.4, 0.5) is 10.1 Å². The zero-order valence-corrected chi connectivity index (χ0v) is 15.7. The van der Waals surface area contributed by atoms with E-state index in [2.05, 4.69) is 35.1 Å². The number of hydrogen-bond donors (Lipinski definition) is 2. The number of quaternary nitrogens is 1. The van der Waals surface area contributed by atoms with Crippen LogP contribution in [0.5, 0.6) is 0 Å². The average molecular weight is 394 g/mol. The number of carbonyl (C=O) groups is 1. The van der Waals surface area contributed by atoms with Gasteiger partial charge in [0.25, 0.3) is 5.91 Å². The van der Waals surface area contributed by atoms with Crippen molar-refractivity contribution in [1.82, 2.24) is 0 Å². The molecule has 0 saturated carbocycles. The second-order valence-electron chi connectivity index (χ2n) is 6.29. The van der Waals surface area contributed by atoms with Gasteiger partial charge in [0.05, 0.1) is 5.69 Å². The molecule has 3 N–H and O–H groups in total. The monoisotopic (exact) mass is 393 g/mol. The van der Waals surface area contributed by atoms with E-state index in [9.17, 15) is 9.18 Å². The second kappa shape index (κ2) is 8.40. The van der Waals surface area contributed by atoms with Crippen molar-refractivity contribution >= 4 is 27.5 Å². The van der Waals surface area contributed by atoms with E-state index in [1.54, 1.807) is 12.1 Å². The lowest BCUT2D eigenvalue weighted by Crippen LogP contribution is -2.88. The lowest BCUT2D eigenvalue weighted by Gasteiger charge is -2.19. The smallest absolute Gasteiger partial charge is 0.279 e. The van der Waals surface area contributed by atoms with Gasteiger partial charge in [-0.1, -0.05) is 32.0 Å². The Balaban J connectivity index is 1.98. The number of benzene rings is 2. The van der Waals surface area contributed by atoms with E-state index < -0.39 is 0 Å². The van der Waals surface area contributed by atoms with Crippen LogP contribution in [0, 0.1) is 18.7 Å². The van der Waals surface area contributed by atoms with E-state index >= 15 is 0 Å². The van der Waals surface area contributed by atoms with Gasteiger partial charge in [-0.25, -0.2) is 4.39 Å². The molecule has 2 aromatic carbocycles. The van der Waals surface area contributed by atoms with Crippen LogP contribution in [-0.2, 0) is 4.79 Å². The second-order valence-corrected chi connectivity index (χ2v) is 7.15. The number of hydrogen-bond acceptors (Lipinski definition) is 1. The van der Waals surface area contributed by atoms with Crippen LogP contribution in [-0.4, -0.2) is 12.5 Å². The van der Waals surface area contributed by atoms with Gasteiger partial charge in [-0.3, -0.25) is 4.79 Å². The summed E-state index contributed by atoms with van der Waals surface area (Å²) in [6, 6.07) is 12.4. The number of anilines is 1. The molecule has 0 fully saturated rings. The highest BCUT2D eigenvalue weighted by Crippen LogP contribution is 2.23. The van der Waals surface area contributed by atoms with E-state index in [1.165, 1.54) is 12.1 Å². The Bertz CT molecular complexity index is 701. The highest BCUT2D eigenvalue weighted by Gasteiger charge is 2.20. The molecule has 0 aliphatic heterocycles. The Hall–Kier alpha value is -1.72. The quantitative estimate of drug-likeness (QED) is 0.770. The van der Waals surface area contributed by atoms with Crippen molar-refractivity contribution in [3.05, 3.63) is 63.9 Å². The summed E-state index contributed by atoms with van der Waals surface area (Å²) < 4.78 is 14.0. The van der Waals surface area contributed by atoms with Crippen LogP contribution in [0.25, 0.3) is 0 Å². The minimum absolute atomic E-state index is 0.0627. The van der Waals surface area contributed by atoms with Crippen LogP contribution in [0.1, 0.15) is 31.0 Å². The van der Waals surface area contributed by atoms with Gasteiger partial charge in [0.2, 0.25) is 0 Å². The Labute approximate surface area is 150 Å². The topological polar surface area (TPSA) is 45.7 Å². The first-order chi connectivity index (χ1) is 11.4. The summed E-state index contributed by atoms with van der Waals surface area (Å²) in [5.41, 5.74) is 2.92. The minimum Gasteiger partial charge on any atom is -0.332 e. The molecule has 1 atom stereocenters. The molecule has 0 radical (unpaired) electrons. The van der Waals surface area contributed by atoms with Crippen LogP contribution in [0.2, 0.25) is 0 Å². The van der Waals surface area contributed by atoms with E-state index in [1.807, 2.05) is 30.4 Å². The molecule has 0 bridgehead atoms. The van der Waals surface area contributed by atoms with Crippen molar-refractivity contribution in [2.45, 2.75) is 26.8 Å². The first-order valence-corrected chi connectivity index (χ1v) is 8.81. The fourth-order valence-electron chi connectivity index (χ4n) is 2.63. The Kier molecular flexibility index (Phi) is 6.52. The van der Waals surface area contributed by atoms with Crippen LogP contribution < -0.4 is 10.6 Å². The van der Waals surface area contributed by atoms with Crippen molar-refractivity contribution in [2.24, 2.45) is 5.92 Å². The third-order valence-corrected chi connectivity index (χ3v) is 4.59. The summed E-state index contributed by atoms with van der Waals surface area (Å²) in [6.07, 6.45) is 0. The zero-order valence-electron chi connectivity index (χ0n) is 14.1. The molecule has 24 heavy (non-hydrogen) atoms. The number of halogens is 2. The molecule has 0 saturated heterocycles. The van der Waals surface area contributed by atoms with Gasteiger partial charge in [-0.2, -0.15) is 0 Å². The lowest BCUT2D eigenvalue weighted by molar-refractivity contribution is -0.692. The molecule has 128 valence electrons. The third-order valence-electron chi connectivity index (χ3n) is 3.93. The number of rotatable bonds is 6. The van der Waals surface area contributed by atoms with Gasteiger partial charge < -0.3 is 10.6 Å². The summed E-state index contributed by atoms with van der Waals surface area (Å²) in [4.78, 5) is 12.2. The predicted molar refractivity (Wildman–Crippen MR) is 98.3 cm³/mol. The SMILES string of the molecule is Cc1ccc(NC(=O)C[NH2+][C@H](c2ccc(F)cc2)C(C)C)c(Br)c1. The van der Waals surface area contributed by atoms with E-state index in [-0.39, 0.29) is 17.8 Å². The molecule has 0 spiro atoms. The molecule has 1 amide bonds. The maximum absolute atomic E-state index is 13.1. The van der Waals surface area contributed by atoms with E-state index in [0.717, 1.165) is 21.3 Å². The lowest BCUT2D eigenvalue weighted by atomic mass is 9.96. The van der Waals surface area contributed by atoms with Crippen molar-refractivity contribution in [1.29, 1.82) is 0 Å². The van der Waals surface area contributed by atoms with E-state index in [0.29, 0.717) is 12.5 Å². The first kappa shape index (κ1) is 18.6. The third kappa shape index (κ3) is 5.14. The molecule has 0 unspecified atom stereocenters. The summed E-state index contributed by atoms with van der Waals surface area (Å²) in [5.74, 6) is 0.0184. The predicted octanol–water partition coefficient (Wildman–Crippen LogP) is 3.80. The van der Waals surface area contributed by atoms with Gasteiger partial charge in [0.1, 0.15) is 11.9 Å². The molecule has 0 aliphatic carbocycles. The Morgan fingerprint density at radius 3 is 2.46 bits per heavy atom. The standard InChI is InChI=1S/C19H22BrFN2O/c1-12(2)19(14-5-7-15(21)8-6-14)22-11-18(24)23-17-9-4-13(3)10-16(17)20/h4-10,12,19,22H,11H2,1-3H3,(H,23,24)/p+1/t19-/m0/s1. The molecule has 0 aliphatic rings. The van der Waals surface area contributed by atoms with Gasteiger partial charge in [-0.05, 0) is 52.7 Å². The van der Waals surface area contributed by atoms with Crippen molar-refractivity contribution < 1.29 is 14.5 Å². The Morgan fingerprint density at radius 1 is 1.21 bits per heavy atom. The Morgan fingerprint density at radius 2 is 1.88 bits per heavy atom. The molecule has 3 nitrogen and oxygen atoms in total. The number of nitrogens with one attached hydrogen (secondary N) is 1. The first-order valence-electron chi connectivity index (χ1n) is 8.01. The van der Waals surface area contributed by atoms with Gasteiger partial charge in [0, 0.05) is 16.0 Å². The van der Waals surface area contributed by atoms with Gasteiger partial charge >= 0.3 is 0 Å². The molecule has 2 aromatic rings. The zero-order chi connectivity index (χ0) is 17.7. The molecule has 0 aromatic heterocycles. The number of nitrogens with two attached hydrogens (primary N) is 1. The largest absolute Gasteiger partial charge is 0.332 e. The molecule has 2 rings (SSSR count). The molecular formula is C19H23BrFN2O+. The fraction of sp³-hybridized carbons (Fsp3) is 0.316. The summed E-state index contributed by atoms with van der Waals surface area (Å²) >= 11 is 3.46. The molecule has 0 heterocycles. The highest BCUT2D eigenvalue weighted by molar-refractivity contribution is 9.10. The van der Waals surface area contributed by atoms with Gasteiger partial charge in [-0.15, -0.1) is 0 Å². The summed E-state index contributed by atoms with van der Waals surface area (Å²) in [7, 11) is 0. The average Bonchev–Trinajstić information content (AvgIpc) is 2.52. The number of amides is 1. The maximum atomic E-state index is 13.1. The number of aryl methyl sites for hydroxylation is 1. The molecule has 5 heteroatoms. The molecular weight excluding hydrogens is 371 g/mol. The van der Waals surface area contributed by atoms with Crippen LogP contribution >= 0.6 is 15.9 Å². The van der Waals surface area contributed by atoms with Crippen molar-refractivity contribution in [3.8, 4) is 0 Å². The van der Waals surface area contributed by atoms with Crippen molar-refractivity contribution in [2.75, 3.05) is 11.9 Å². The maximum Gasteiger partial charge on any atom is 0.279 e. The fourth-order valence-corrected chi connectivity index (χ4v) is 3.23. The van der Waals surface area contributed by atoms with E-state index in [4.69, 9.17) is 0 Å². The normalized spacial score (nSPS) is 12.2. The van der Waals surface area contributed by atoms with Crippen LogP contribution in [0.15, 0.2) is 46.9 Å². The van der Waals surface area contributed by atoms with Crippen molar-refractivity contribution in [3.63, 3.8) is 0 Å².